The lowest BCUT2D eigenvalue weighted by Gasteiger charge is -2.09. The van der Waals surface area contributed by atoms with E-state index in [2.05, 4.69) is 73.6 Å². The maximum atomic E-state index is 9.35. The first-order chi connectivity index (χ1) is 11.6. The van der Waals surface area contributed by atoms with Gasteiger partial charge in [-0.25, -0.2) is 4.68 Å². The van der Waals surface area contributed by atoms with Crippen molar-refractivity contribution in [3.05, 3.63) is 76.1 Å². The molecule has 0 saturated heterocycles. The molecule has 0 radical (unpaired) electrons. The number of nitriles is 1. The molecule has 0 bridgehead atoms. The molecule has 0 atom stereocenters. The average molecular weight is 316 g/mol. The lowest BCUT2D eigenvalue weighted by molar-refractivity contribution is 0.751. The fraction of sp³-hybridized carbons (Fsp3) is 0.250. The van der Waals surface area contributed by atoms with Crippen molar-refractivity contribution in [2.75, 3.05) is 0 Å². The van der Waals surface area contributed by atoms with Gasteiger partial charge in [-0.15, -0.1) is 5.10 Å². The summed E-state index contributed by atoms with van der Waals surface area (Å²) in [5, 5.41) is 17.6. The molecule has 1 heterocycles. The zero-order valence-corrected chi connectivity index (χ0v) is 14.2. The predicted octanol–water partition coefficient (Wildman–Crippen LogP) is 3.85. The van der Waals surface area contributed by atoms with Crippen LogP contribution in [0.15, 0.2) is 42.5 Å². The summed E-state index contributed by atoms with van der Waals surface area (Å²) in [7, 11) is 0. The van der Waals surface area contributed by atoms with E-state index in [0.717, 1.165) is 24.2 Å². The molecule has 120 valence electrons. The Hall–Kier alpha value is -2.93. The number of aryl methyl sites for hydroxylation is 4. The summed E-state index contributed by atoms with van der Waals surface area (Å²) in [6.45, 7) is 6.24. The van der Waals surface area contributed by atoms with Gasteiger partial charge in [0.15, 0.2) is 5.69 Å². The summed E-state index contributed by atoms with van der Waals surface area (Å²) < 4.78 is 1.79. The Balaban J connectivity index is 1.91. The molecule has 0 aliphatic heterocycles. The van der Waals surface area contributed by atoms with Gasteiger partial charge in [-0.3, -0.25) is 0 Å². The highest BCUT2D eigenvalue weighted by molar-refractivity contribution is 5.42. The van der Waals surface area contributed by atoms with Gasteiger partial charge in [0.2, 0.25) is 0 Å². The van der Waals surface area contributed by atoms with Crippen molar-refractivity contribution in [3.63, 3.8) is 0 Å². The molecule has 3 rings (SSSR count). The second-order valence-electron chi connectivity index (χ2n) is 6.16. The van der Waals surface area contributed by atoms with Crippen LogP contribution in [0.1, 0.15) is 33.6 Å². The van der Waals surface area contributed by atoms with Crippen molar-refractivity contribution < 1.29 is 0 Å². The summed E-state index contributed by atoms with van der Waals surface area (Å²) in [6, 6.07) is 16.8. The fourth-order valence-electron chi connectivity index (χ4n) is 2.69. The topological polar surface area (TPSA) is 54.5 Å². The zero-order valence-electron chi connectivity index (χ0n) is 14.2. The fourth-order valence-corrected chi connectivity index (χ4v) is 2.69. The molecular formula is C20H20N4. The number of benzene rings is 2. The van der Waals surface area contributed by atoms with Crippen molar-refractivity contribution in [2.24, 2.45) is 0 Å². The Morgan fingerprint density at radius 3 is 2.38 bits per heavy atom. The van der Waals surface area contributed by atoms with E-state index < -0.39 is 0 Å². The summed E-state index contributed by atoms with van der Waals surface area (Å²) in [5.41, 5.74) is 7.15. The molecule has 0 fully saturated rings. The molecule has 3 aromatic rings. The smallest absolute Gasteiger partial charge is 0.186 e. The first kappa shape index (κ1) is 15.9. The Bertz CT molecular complexity index is 898. The third-order valence-corrected chi connectivity index (χ3v) is 4.38. The van der Waals surface area contributed by atoms with Gasteiger partial charge in [0.05, 0.1) is 11.4 Å². The zero-order chi connectivity index (χ0) is 17.1. The molecule has 0 spiro atoms. The van der Waals surface area contributed by atoms with Crippen molar-refractivity contribution in [1.29, 1.82) is 5.26 Å². The van der Waals surface area contributed by atoms with E-state index >= 15 is 0 Å². The number of nitrogens with zero attached hydrogens (tertiary/aromatic N) is 4. The van der Waals surface area contributed by atoms with Gasteiger partial charge in [-0.1, -0.05) is 41.1 Å². The molecular weight excluding hydrogens is 296 g/mol. The summed E-state index contributed by atoms with van der Waals surface area (Å²) >= 11 is 0. The maximum Gasteiger partial charge on any atom is 0.186 e. The lowest BCUT2D eigenvalue weighted by atomic mass is 10.1. The lowest BCUT2D eigenvalue weighted by Crippen LogP contribution is -2.05. The van der Waals surface area contributed by atoms with E-state index in [1.807, 2.05) is 6.07 Å². The number of hydrogen-bond donors (Lipinski definition) is 0. The van der Waals surface area contributed by atoms with Gasteiger partial charge in [-0.2, -0.15) is 5.26 Å². The van der Waals surface area contributed by atoms with Crippen LogP contribution in [0.25, 0.3) is 5.69 Å². The second kappa shape index (κ2) is 6.67. The van der Waals surface area contributed by atoms with Crippen molar-refractivity contribution in [3.8, 4) is 11.8 Å². The van der Waals surface area contributed by atoms with E-state index in [0.29, 0.717) is 5.69 Å². The number of aromatic nitrogens is 3. The molecule has 0 saturated carbocycles. The van der Waals surface area contributed by atoms with Gasteiger partial charge in [-0.05, 0) is 62.4 Å². The van der Waals surface area contributed by atoms with Gasteiger partial charge in [0, 0.05) is 0 Å². The van der Waals surface area contributed by atoms with Crippen LogP contribution >= 0.6 is 0 Å². The molecule has 1 aromatic heterocycles. The Morgan fingerprint density at radius 1 is 0.958 bits per heavy atom. The summed E-state index contributed by atoms with van der Waals surface area (Å²) in [5.74, 6) is 0. The van der Waals surface area contributed by atoms with Crippen LogP contribution in [0.5, 0.6) is 0 Å². The van der Waals surface area contributed by atoms with Crippen molar-refractivity contribution >= 4 is 0 Å². The molecule has 0 aliphatic rings. The Morgan fingerprint density at radius 2 is 1.71 bits per heavy atom. The van der Waals surface area contributed by atoms with E-state index in [1.165, 1.54) is 22.3 Å². The summed E-state index contributed by atoms with van der Waals surface area (Å²) in [4.78, 5) is 0. The van der Waals surface area contributed by atoms with Gasteiger partial charge >= 0.3 is 0 Å². The first-order valence-electron chi connectivity index (χ1n) is 8.06. The SMILES string of the molecule is Cc1ccc(CCc2c(C#N)nnn2-c2ccc(C)c(C)c2)cc1. The van der Waals surface area contributed by atoms with E-state index in [4.69, 9.17) is 0 Å². The Labute approximate surface area is 142 Å². The highest BCUT2D eigenvalue weighted by Crippen LogP contribution is 2.18. The van der Waals surface area contributed by atoms with Crippen LogP contribution < -0.4 is 0 Å². The molecule has 0 aliphatic carbocycles. The standard InChI is InChI=1S/C20H20N4/c1-14-4-7-17(8-5-14)9-11-20-19(13-21)22-23-24(20)18-10-6-15(2)16(3)12-18/h4-8,10,12H,9,11H2,1-3H3. The third-order valence-electron chi connectivity index (χ3n) is 4.38. The molecule has 4 nitrogen and oxygen atoms in total. The summed E-state index contributed by atoms with van der Waals surface area (Å²) in [6.07, 6.45) is 1.58. The van der Waals surface area contributed by atoms with Gasteiger partial charge in [0.25, 0.3) is 0 Å². The third kappa shape index (κ3) is 3.21. The van der Waals surface area contributed by atoms with Crippen molar-refractivity contribution in [2.45, 2.75) is 33.6 Å². The van der Waals surface area contributed by atoms with Crippen LogP contribution in [0.2, 0.25) is 0 Å². The van der Waals surface area contributed by atoms with Crippen LogP contribution in [-0.2, 0) is 12.8 Å². The maximum absolute atomic E-state index is 9.35. The van der Waals surface area contributed by atoms with E-state index in [-0.39, 0.29) is 0 Å². The monoisotopic (exact) mass is 316 g/mol. The van der Waals surface area contributed by atoms with E-state index in [1.54, 1.807) is 4.68 Å². The van der Waals surface area contributed by atoms with Crippen LogP contribution in [0, 0.1) is 32.1 Å². The average Bonchev–Trinajstić information content (AvgIpc) is 3.00. The minimum Gasteiger partial charge on any atom is -0.216 e. The number of rotatable bonds is 4. The normalized spacial score (nSPS) is 10.6. The number of hydrogen-bond acceptors (Lipinski definition) is 3. The molecule has 0 amide bonds. The van der Waals surface area contributed by atoms with Crippen LogP contribution in [0.4, 0.5) is 0 Å². The largest absolute Gasteiger partial charge is 0.216 e. The first-order valence-corrected chi connectivity index (χ1v) is 8.06. The second-order valence-corrected chi connectivity index (χ2v) is 6.16. The highest BCUT2D eigenvalue weighted by Gasteiger charge is 2.14. The minimum atomic E-state index is 0.403. The molecule has 2 aromatic carbocycles. The molecule has 0 unspecified atom stereocenters. The minimum absolute atomic E-state index is 0.403. The van der Waals surface area contributed by atoms with Gasteiger partial charge in [0.1, 0.15) is 6.07 Å². The molecule has 24 heavy (non-hydrogen) atoms. The van der Waals surface area contributed by atoms with Crippen LogP contribution in [-0.4, -0.2) is 15.0 Å². The predicted molar refractivity (Wildman–Crippen MR) is 94.1 cm³/mol. The Kier molecular flexibility index (Phi) is 4.43. The van der Waals surface area contributed by atoms with Gasteiger partial charge < -0.3 is 0 Å². The van der Waals surface area contributed by atoms with Crippen molar-refractivity contribution in [1.82, 2.24) is 15.0 Å². The van der Waals surface area contributed by atoms with E-state index in [9.17, 15) is 5.26 Å². The molecule has 4 heteroatoms. The van der Waals surface area contributed by atoms with Crippen LogP contribution in [0.3, 0.4) is 0 Å². The highest BCUT2D eigenvalue weighted by atomic mass is 15.4. The quantitative estimate of drug-likeness (QED) is 0.734. The molecule has 0 N–H and O–H groups in total.